The Kier molecular flexibility index (Phi) is 4.76. The fraction of sp³-hybridized carbons (Fsp3) is 0.533. The summed E-state index contributed by atoms with van der Waals surface area (Å²) in [6.45, 7) is 1.47. The molecule has 1 aliphatic rings. The Morgan fingerprint density at radius 3 is 2.44 bits per heavy atom. The summed E-state index contributed by atoms with van der Waals surface area (Å²) in [4.78, 5) is 11.1. The van der Waals surface area contributed by atoms with Crippen molar-refractivity contribution >= 4 is 5.91 Å². The highest BCUT2D eigenvalue weighted by Gasteiger charge is 2.24. The lowest BCUT2D eigenvalue weighted by Gasteiger charge is -2.26. The Morgan fingerprint density at radius 1 is 1.17 bits per heavy atom. The highest BCUT2D eigenvalue weighted by molar-refractivity contribution is 5.76. The van der Waals surface area contributed by atoms with Crippen LogP contribution in [-0.4, -0.2) is 12.5 Å². The number of carbonyl (C=O) groups is 1. The Morgan fingerprint density at radius 2 is 1.83 bits per heavy atom. The molecule has 0 heterocycles. The molecule has 98 valence electrons. The first-order chi connectivity index (χ1) is 8.75. The van der Waals surface area contributed by atoms with Gasteiger partial charge in [0, 0.05) is 12.5 Å². The Labute approximate surface area is 108 Å². The maximum atomic E-state index is 11.1. The van der Waals surface area contributed by atoms with Gasteiger partial charge in [-0.1, -0.05) is 30.3 Å². The van der Waals surface area contributed by atoms with E-state index in [1.807, 2.05) is 18.2 Å². The summed E-state index contributed by atoms with van der Waals surface area (Å²) < 4.78 is 5.74. The van der Waals surface area contributed by atoms with Gasteiger partial charge in [-0.3, -0.25) is 4.79 Å². The van der Waals surface area contributed by atoms with Crippen molar-refractivity contribution in [3.8, 4) is 0 Å². The average Bonchev–Trinajstić information content (AvgIpc) is 2.40. The number of nitrogens with two attached hydrogens (primary N) is 1. The molecule has 18 heavy (non-hydrogen) atoms. The van der Waals surface area contributed by atoms with Gasteiger partial charge in [-0.15, -0.1) is 0 Å². The van der Waals surface area contributed by atoms with E-state index in [0.29, 0.717) is 12.5 Å². The second-order valence-electron chi connectivity index (χ2n) is 5.12. The summed E-state index contributed by atoms with van der Waals surface area (Å²) in [6.07, 6.45) is 3.97. The maximum Gasteiger partial charge on any atom is 0.220 e. The van der Waals surface area contributed by atoms with E-state index >= 15 is 0 Å². The highest BCUT2D eigenvalue weighted by Crippen LogP contribution is 2.28. The van der Waals surface area contributed by atoms with E-state index in [1.165, 1.54) is 5.56 Å². The van der Waals surface area contributed by atoms with Crippen LogP contribution >= 0.6 is 0 Å². The van der Waals surface area contributed by atoms with E-state index in [-0.39, 0.29) is 11.8 Å². The van der Waals surface area contributed by atoms with Crippen LogP contribution in [0.1, 0.15) is 31.2 Å². The van der Waals surface area contributed by atoms with Crippen LogP contribution in [0.2, 0.25) is 0 Å². The molecular formula is C15H21NO2. The normalized spacial score (nSPS) is 23.8. The average molecular weight is 247 g/mol. The number of primary amides is 1. The zero-order valence-corrected chi connectivity index (χ0v) is 10.7. The molecule has 0 spiro atoms. The first kappa shape index (κ1) is 13.1. The fourth-order valence-corrected chi connectivity index (χ4v) is 2.53. The number of amides is 1. The lowest BCUT2D eigenvalue weighted by Crippen LogP contribution is -2.28. The zero-order chi connectivity index (χ0) is 12.8. The molecule has 2 N–H and O–H groups in total. The van der Waals surface area contributed by atoms with Crippen LogP contribution in [0.3, 0.4) is 0 Å². The number of ether oxygens (including phenoxy) is 1. The van der Waals surface area contributed by atoms with Gasteiger partial charge in [0.2, 0.25) is 5.91 Å². The fourth-order valence-electron chi connectivity index (χ4n) is 2.53. The molecular weight excluding hydrogens is 226 g/mol. The van der Waals surface area contributed by atoms with E-state index in [1.54, 1.807) is 0 Å². The van der Waals surface area contributed by atoms with Gasteiger partial charge in [0.05, 0.1) is 6.61 Å². The third kappa shape index (κ3) is 3.84. The van der Waals surface area contributed by atoms with E-state index in [0.717, 1.165) is 32.3 Å². The van der Waals surface area contributed by atoms with Gasteiger partial charge >= 0.3 is 0 Å². The number of rotatable bonds is 5. The van der Waals surface area contributed by atoms with Crippen molar-refractivity contribution in [2.24, 2.45) is 17.6 Å². The molecule has 0 aromatic heterocycles. The molecule has 3 nitrogen and oxygen atoms in total. The predicted octanol–water partition coefficient (Wildman–Crippen LogP) is 2.49. The monoisotopic (exact) mass is 247 g/mol. The molecule has 0 aliphatic heterocycles. The van der Waals surface area contributed by atoms with E-state index in [9.17, 15) is 4.79 Å². The van der Waals surface area contributed by atoms with Crippen LogP contribution in [-0.2, 0) is 16.1 Å². The molecule has 0 bridgehead atoms. The molecule has 1 saturated carbocycles. The molecule has 2 rings (SSSR count). The summed E-state index contributed by atoms with van der Waals surface area (Å²) in [7, 11) is 0. The third-order valence-corrected chi connectivity index (χ3v) is 3.71. The number of benzene rings is 1. The molecule has 1 aromatic rings. The van der Waals surface area contributed by atoms with Crippen molar-refractivity contribution < 1.29 is 9.53 Å². The summed E-state index contributed by atoms with van der Waals surface area (Å²) in [5.74, 6) is 0.540. The largest absolute Gasteiger partial charge is 0.376 e. The van der Waals surface area contributed by atoms with Crippen molar-refractivity contribution in [3.05, 3.63) is 35.9 Å². The first-order valence-corrected chi connectivity index (χ1v) is 6.66. The van der Waals surface area contributed by atoms with Crippen LogP contribution in [0, 0.1) is 11.8 Å². The lowest BCUT2D eigenvalue weighted by molar-refractivity contribution is -0.123. The van der Waals surface area contributed by atoms with Crippen LogP contribution in [0.15, 0.2) is 30.3 Å². The number of carbonyl (C=O) groups excluding carboxylic acids is 1. The predicted molar refractivity (Wildman–Crippen MR) is 70.7 cm³/mol. The van der Waals surface area contributed by atoms with Crippen molar-refractivity contribution in [1.82, 2.24) is 0 Å². The van der Waals surface area contributed by atoms with E-state index in [4.69, 9.17) is 10.5 Å². The molecule has 0 atom stereocenters. The molecule has 1 fully saturated rings. The van der Waals surface area contributed by atoms with Crippen molar-refractivity contribution in [1.29, 1.82) is 0 Å². The number of hydrogen-bond donors (Lipinski definition) is 1. The van der Waals surface area contributed by atoms with Gasteiger partial charge in [-0.05, 0) is 37.2 Å². The smallest absolute Gasteiger partial charge is 0.220 e. The molecule has 0 radical (unpaired) electrons. The minimum atomic E-state index is -0.140. The van der Waals surface area contributed by atoms with Gasteiger partial charge < -0.3 is 10.5 Å². The van der Waals surface area contributed by atoms with Crippen molar-refractivity contribution in [3.63, 3.8) is 0 Å². The topological polar surface area (TPSA) is 52.3 Å². The van der Waals surface area contributed by atoms with Gasteiger partial charge in [0.1, 0.15) is 0 Å². The molecule has 0 saturated heterocycles. The molecule has 1 aliphatic carbocycles. The summed E-state index contributed by atoms with van der Waals surface area (Å²) in [5.41, 5.74) is 6.53. The second kappa shape index (κ2) is 6.55. The van der Waals surface area contributed by atoms with Crippen molar-refractivity contribution in [2.75, 3.05) is 6.61 Å². The minimum absolute atomic E-state index is 0.0929. The summed E-state index contributed by atoms with van der Waals surface area (Å²) >= 11 is 0. The quantitative estimate of drug-likeness (QED) is 0.869. The third-order valence-electron chi connectivity index (χ3n) is 3.71. The van der Waals surface area contributed by atoms with Gasteiger partial charge in [0.25, 0.3) is 0 Å². The van der Waals surface area contributed by atoms with Gasteiger partial charge in [-0.25, -0.2) is 0 Å². The molecule has 0 unspecified atom stereocenters. The van der Waals surface area contributed by atoms with Crippen LogP contribution in [0.25, 0.3) is 0 Å². The highest BCUT2D eigenvalue weighted by atomic mass is 16.5. The first-order valence-electron chi connectivity index (χ1n) is 6.66. The number of hydrogen-bond acceptors (Lipinski definition) is 2. The van der Waals surface area contributed by atoms with Gasteiger partial charge in [0.15, 0.2) is 0 Å². The Hall–Kier alpha value is -1.35. The molecule has 1 amide bonds. The van der Waals surface area contributed by atoms with Gasteiger partial charge in [-0.2, -0.15) is 0 Å². The Bertz CT molecular complexity index is 369. The maximum absolute atomic E-state index is 11.1. The lowest BCUT2D eigenvalue weighted by atomic mass is 9.82. The van der Waals surface area contributed by atoms with Crippen molar-refractivity contribution in [2.45, 2.75) is 32.3 Å². The standard InChI is InChI=1S/C15H21NO2/c16-15(17)14-8-6-13(7-9-14)11-18-10-12-4-2-1-3-5-12/h1-5,13-14H,6-11H2,(H2,16,17)/t13-,14-. The zero-order valence-electron chi connectivity index (χ0n) is 10.7. The van der Waals surface area contributed by atoms with E-state index < -0.39 is 0 Å². The second-order valence-corrected chi connectivity index (χ2v) is 5.12. The Balaban J connectivity index is 1.65. The van der Waals surface area contributed by atoms with E-state index in [2.05, 4.69) is 12.1 Å². The molecule has 1 aromatic carbocycles. The summed E-state index contributed by atoms with van der Waals surface area (Å²) in [6, 6.07) is 10.2. The van der Waals surface area contributed by atoms with Crippen LogP contribution in [0.5, 0.6) is 0 Å². The summed E-state index contributed by atoms with van der Waals surface area (Å²) in [5, 5.41) is 0. The minimum Gasteiger partial charge on any atom is -0.376 e. The SMILES string of the molecule is NC(=O)[C@H]1CC[C@H](COCc2ccccc2)CC1. The molecule has 3 heteroatoms. The van der Waals surface area contributed by atoms with Crippen LogP contribution in [0.4, 0.5) is 0 Å². The van der Waals surface area contributed by atoms with Crippen LogP contribution < -0.4 is 5.73 Å².